The number of amides is 5. The van der Waals surface area contributed by atoms with Crippen LogP contribution in [0.25, 0.3) is 11.0 Å². The van der Waals surface area contributed by atoms with Crippen molar-refractivity contribution in [2.24, 2.45) is 5.41 Å². The number of hydrogen-bond acceptors (Lipinski definition) is 10. The van der Waals surface area contributed by atoms with Crippen molar-refractivity contribution in [3.05, 3.63) is 17.7 Å². The van der Waals surface area contributed by atoms with Gasteiger partial charge < -0.3 is 23.6 Å². The van der Waals surface area contributed by atoms with E-state index >= 15 is 0 Å². The van der Waals surface area contributed by atoms with E-state index in [0.29, 0.717) is 27.5 Å². The number of carbonyl (C=O) groups excluding carboxylic acids is 4. The van der Waals surface area contributed by atoms with Gasteiger partial charge in [-0.1, -0.05) is 5.16 Å². The van der Waals surface area contributed by atoms with Crippen molar-refractivity contribution in [1.29, 1.82) is 0 Å². The lowest BCUT2D eigenvalue weighted by Crippen LogP contribution is -2.74. The maximum Gasteiger partial charge on any atom is 0.416 e. The van der Waals surface area contributed by atoms with Crippen LogP contribution in [0.1, 0.15) is 19.4 Å². The largest absolute Gasteiger partial charge is 0.447 e. The van der Waals surface area contributed by atoms with Gasteiger partial charge in [-0.15, -0.1) is 0 Å². The van der Waals surface area contributed by atoms with Crippen LogP contribution in [0.5, 0.6) is 0 Å². The van der Waals surface area contributed by atoms with E-state index in [9.17, 15) is 19.2 Å². The fourth-order valence-electron chi connectivity index (χ4n) is 6.11. The third-order valence-electron chi connectivity index (χ3n) is 7.53. The highest BCUT2D eigenvalue weighted by Crippen LogP contribution is 2.49. The van der Waals surface area contributed by atoms with Gasteiger partial charge in [0.2, 0.25) is 5.91 Å². The Kier molecular flexibility index (Phi) is 5.37. The average molecular weight is 534 g/mol. The summed E-state index contributed by atoms with van der Waals surface area (Å²) >= 11 is 6.06. The molecule has 2 aromatic rings. The number of fused-ring (bicyclic) bond motifs is 5. The maximum absolute atomic E-state index is 13.6. The minimum atomic E-state index is -1.72. The molecular weight excluding hydrogens is 510 g/mol. The normalized spacial score (nSPS) is 31.6. The van der Waals surface area contributed by atoms with Gasteiger partial charge in [0, 0.05) is 37.2 Å². The molecule has 1 N–H and O–H groups in total. The third kappa shape index (κ3) is 3.27. The van der Waals surface area contributed by atoms with E-state index in [4.69, 9.17) is 30.5 Å². The summed E-state index contributed by atoms with van der Waals surface area (Å²) in [5.74, 6) is -1.31. The van der Waals surface area contributed by atoms with Crippen molar-refractivity contribution in [3.8, 4) is 0 Å². The van der Waals surface area contributed by atoms with Crippen LogP contribution in [0, 0.1) is 5.41 Å². The van der Waals surface area contributed by atoms with Crippen molar-refractivity contribution in [2.75, 3.05) is 36.7 Å². The van der Waals surface area contributed by atoms with Crippen molar-refractivity contribution < 1.29 is 37.9 Å². The molecule has 5 atom stereocenters. The summed E-state index contributed by atoms with van der Waals surface area (Å²) in [5, 5.41) is 6.88. The van der Waals surface area contributed by atoms with Gasteiger partial charge >= 0.3 is 12.1 Å². The number of hydrogen-bond donors (Lipinski definition) is 1. The predicted octanol–water partition coefficient (Wildman–Crippen LogP) is 1.56. The Morgan fingerprint density at radius 3 is 2.78 bits per heavy atom. The van der Waals surface area contributed by atoms with E-state index in [2.05, 4.69) is 10.5 Å². The number of barbiturate groups is 1. The van der Waals surface area contributed by atoms with Crippen LogP contribution >= 0.6 is 11.8 Å². The monoisotopic (exact) mass is 533 g/mol. The van der Waals surface area contributed by atoms with Crippen LogP contribution in [0.2, 0.25) is 0 Å². The van der Waals surface area contributed by atoms with Gasteiger partial charge in [-0.3, -0.25) is 14.9 Å². The van der Waals surface area contributed by atoms with E-state index in [1.165, 1.54) is 12.0 Å². The number of aromatic nitrogens is 1. The van der Waals surface area contributed by atoms with Crippen LogP contribution in [-0.4, -0.2) is 84.7 Å². The first-order chi connectivity index (χ1) is 17.7. The number of benzene rings is 1. The van der Waals surface area contributed by atoms with Gasteiger partial charge in [-0.05, 0) is 31.9 Å². The Bertz CT molecular complexity index is 1350. The molecule has 1 aromatic carbocycles. The van der Waals surface area contributed by atoms with E-state index in [0.717, 1.165) is 5.69 Å². The van der Waals surface area contributed by atoms with Gasteiger partial charge in [0.25, 0.3) is 5.91 Å². The number of nitrogens with zero attached hydrogens (tertiary/aromatic N) is 4. The van der Waals surface area contributed by atoms with E-state index < -0.39 is 47.5 Å². The maximum atomic E-state index is 13.6. The SMILES string of the molecule is COCC1COC(=O)N1c1noc2cc3c(cc12)C[C@@]1(C(=O)NC(=O)N(Cl)C1=O)[C@H]1[C@H](C)O[C@H](C)CN31. The molecule has 1 unspecified atom stereocenters. The van der Waals surface area contributed by atoms with Crippen LogP contribution in [-0.2, 0) is 30.2 Å². The summed E-state index contributed by atoms with van der Waals surface area (Å²) in [6, 6.07) is 1.40. The average Bonchev–Trinajstić information content (AvgIpc) is 3.42. The van der Waals surface area contributed by atoms with Gasteiger partial charge in [-0.2, -0.15) is 4.42 Å². The summed E-state index contributed by atoms with van der Waals surface area (Å²) in [6.45, 7) is 4.42. The topological polar surface area (TPSA) is 144 Å². The van der Waals surface area contributed by atoms with Crippen molar-refractivity contribution in [3.63, 3.8) is 0 Å². The number of imide groups is 2. The molecule has 4 aliphatic heterocycles. The number of morpholine rings is 1. The van der Waals surface area contributed by atoms with Crippen molar-refractivity contribution in [1.82, 2.24) is 14.9 Å². The number of ether oxygens (including phenoxy) is 3. The molecule has 3 fully saturated rings. The molecule has 1 spiro atoms. The van der Waals surface area contributed by atoms with E-state index in [1.54, 1.807) is 19.1 Å². The highest BCUT2D eigenvalue weighted by Gasteiger charge is 2.64. The fourth-order valence-corrected chi connectivity index (χ4v) is 6.30. The molecule has 4 aliphatic rings. The smallest absolute Gasteiger partial charge is 0.416 e. The molecular formula is C23H24ClN5O8. The quantitative estimate of drug-likeness (QED) is 0.456. The van der Waals surface area contributed by atoms with Gasteiger partial charge in [-0.25, -0.2) is 14.5 Å². The Balaban J connectivity index is 1.53. The summed E-state index contributed by atoms with van der Waals surface area (Å²) in [5.41, 5.74) is 0.0649. The first-order valence-corrected chi connectivity index (χ1v) is 12.2. The molecule has 1 aromatic heterocycles. The summed E-state index contributed by atoms with van der Waals surface area (Å²) in [6.07, 6.45) is -1.39. The van der Waals surface area contributed by atoms with Gasteiger partial charge in [0.15, 0.2) is 16.8 Å². The molecule has 14 heteroatoms. The highest BCUT2D eigenvalue weighted by atomic mass is 35.5. The number of rotatable bonds is 3. The highest BCUT2D eigenvalue weighted by molar-refractivity contribution is 6.36. The van der Waals surface area contributed by atoms with Crippen LogP contribution in [0.15, 0.2) is 16.7 Å². The fraction of sp³-hybridized carbons (Fsp3) is 0.522. The molecule has 5 amide bonds. The number of halogens is 1. The Morgan fingerprint density at radius 1 is 1.24 bits per heavy atom. The number of methoxy groups -OCH3 is 1. The zero-order valence-electron chi connectivity index (χ0n) is 20.2. The first-order valence-electron chi connectivity index (χ1n) is 11.8. The number of nitrogens with one attached hydrogen (secondary N) is 1. The molecule has 0 radical (unpaired) electrons. The van der Waals surface area contributed by atoms with Crippen LogP contribution in [0.4, 0.5) is 21.1 Å². The van der Waals surface area contributed by atoms with Crippen LogP contribution < -0.4 is 15.1 Å². The second-order valence-electron chi connectivity index (χ2n) is 9.78. The standard InChI is InChI=1S/C23H24ClN5O8/c1-10-7-27-15-5-16-14(18(26-37-16)28-13(8-34-3)9-35-22(28)33)4-12(15)6-23(17(27)11(2)36-10)19(30)25-21(32)29(24)20(23)31/h4-5,10-11,13,17H,6-9H2,1-3H3,(H,25,30,32)/t10-,11+,13?,17-,23+/m1/s1. The second-order valence-corrected chi connectivity index (χ2v) is 10.1. The van der Waals surface area contributed by atoms with Gasteiger partial charge in [0.1, 0.15) is 6.61 Å². The second kappa shape index (κ2) is 8.30. The van der Waals surface area contributed by atoms with Crippen LogP contribution in [0.3, 0.4) is 0 Å². The minimum absolute atomic E-state index is 0.0563. The molecule has 196 valence electrons. The third-order valence-corrected chi connectivity index (χ3v) is 7.84. The predicted molar refractivity (Wildman–Crippen MR) is 127 cm³/mol. The van der Waals surface area contributed by atoms with Crippen molar-refractivity contribution in [2.45, 2.75) is 44.6 Å². The molecule has 0 saturated carbocycles. The summed E-state index contributed by atoms with van der Waals surface area (Å²) < 4.78 is 22.5. The lowest BCUT2D eigenvalue weighted by molar-refractivity contribution is -0.157. The zero-order chi connectivity index (χ0) is 26.2. The summed E-state index contributed by atoms with van der Waals surface area (Å²) in [4.78, 5) is 55.0. The molecule has 6 rings (SSSR count). The molecule has 0 bridgehead atoms. The molecule has 3 saturated heterocycles. The Morgan fingerprint density at radius 2 is 2.03 bits per heavy atom. The Hall–Kier alpha value is -3.42. The minimum Gasteiger partial charge on any atom is -0.447 e. The molecule has 37 heavy (non-hydrogen) atoms. The molecule has 0 aliphatic carbocycles. The van der Waals surface area contributed by atoms with E-state index in [1.807, 2.05) is 11.8 Å². The van der Waals surface area contributed by atoms with Gasteiger partial charge in [0.05, 0.1) is 36.3 Å². The summed E-state index contributed by atoms with van der Waals surface area (Å²) in [7, 11) is 1.52. The Labute approximate surface area is 215 Å². The van der Waals surface area contributed by atoms with Crippen molar-refractivity contribution >= 4 is 58.2 Å². The first kappa shape index (κ1) is 23.9. The molecule has 13 nitrogen and oxygen atoms in total. The molecule has 5 heterocycles. The number of cyclic esters (lactones) is 1. The number of anilines is 2. The number of urea groups is 1. The number of carbonyl (C=O) groups is 4. The zero-order valence-corrected chi connectivity index (χ0v) is 21.0. The lowest BCUT2D eigenvalue weighted by Gasteiger charge is -2.55. The van der Waals surface area contributed by atoms with E-state index in [-0.39, 0.29) is 31.6 Å². The lowest BCUT2D eigenvalue weighted by atomic mass is 9.66.